The Labute approximate surface area is 216 Å². The molecule has 0 atom stereocenters. The monoisotopic (exact) mass is 474 g/mol. The molecule has 0 aliphatic heterocycles. The van der Waals surface area contributed by atoms with E-state index in [2.05, 4.69) is 84.4 Å². The molecule has 0 saturated heterocycles. The van der Waals surface area contributed by atoms with E-state index >= 15 is 0 Å². The number of rotatable bonds is 5. The van der Waals surface area contributed by atoms with Crippen molar-refractivity contribution < 1.29 is 0 Å². The molecule has 2 aliphatic rings. The Hall–Kier alpha value is -3.13. The van der Waals surface area contributed by atoms with Crippen molar-refractivity contribution in [2.24, 2.45) is 0 Å². The summed E-state index contributed by atoms with van der Waals surface area (Å²) in [7, 11) is 0. The van der Waals surface area contributed by atoms with Gasteiger partial charge in [-0.2, -0.15) is 0 Å². The molecule has 2 aliphatic carbocycles. The summed E-state index contributed by atoms with van der Waals surface area (Å²) in [6.45, 7) is 2.21. The average Bonchev–Trinajstić information content (AvgIpc) is 3.43. The molecule has 4 aromatic rings. The quantitative estimate of drug-likeness (QED) is 0.281. The molecule has 0 N–H and O–H groups in total. The zero-order valence-corrected chi connectivity index (χ0v) is 21.6. The Balaban J connectivity index is 1.61. The maximum atomic E-state index is 4.94. The summed E-state index contributed by atoms with van der Waals surface area (Å²) in [6.07, 6.45) is 17.5. The van der Waals surface area contributed by atoms with Gasteiger partial charge >= 0.3 is 0 Å². The standard InChI is InChI=1S/C34H38N2/c1-25-13-11-12-20-30(25)34-35-21-22-36(34)33-31(27-16-7-3-8-17-27)23-29(26-14-5-2-6-15-26)24-32(33)28-18-9-4-10-19-28/h2,5-6,11-15,20-24,27-28H,3-4,7-10,16-19H2,1H3. The van der Waals surface area contributed by atoms with Crippen LogP contribution in [-0.4, -0.2) is 9.55 Å². The summed E-state index contributed by atoms with van der Waals surface area (Å²) in [5, 5.41) is 0. The number of aryl methyl sites for hydroxylation is 1. The van der Waals surface area contributed by atoms with E-state index in [0.717, 1.165) is 5.82 Å². The van der Waals surface area contributed by atoms with Crippen molar-refractivity contribution in [3.63, 3.8) is 0 Å². The summed E-state index contributed by atoms with van der Waals surface area (Å²) in [6, 6.07) is 24.8. The van der Waals surface area contributed by atoms with Gasteiger partial charge in [0.1, 0.15) is 5.82 Å². The molecule has 2 nitrogen and oxygen atoms in total. The van der Waals surface area contributed by atoms with Crippen LogP contribution in [0.5, 0.6) is 0 Å². The first-order valence-electron chi connectivity index (χ1n) is 14.1. The number of hydrogen-bond donors (Lipinski definition) is 0. The van der Waals surface area contributed by atoms with E-state index in [0.29, 0.717) is 11.8 Å². The Morgan fingerprint density at radius 3 is 1.86 bits per heavy atom. The number of nitrogens with zero attached hydrogens (tertiary/aromatic N) is 2. The average molecular weight is 475 g/mol. The van der Waals surface area contributed by atoms with Crippen LogP contribution >= 0.6 is 0 Å². The summed E-state index contributed by atoms with van der Waals surface area (Å²) in [4.78, 5) is 4.94. The second kappa shape index (κ2) is 10.5. The highest BCUT2D eigenvalue weighted by Gasteiger charge is 2.28. The Bertz CT molecular complexity index is 1270. The molecule has 184 valence electrons. The van der Waals surface area contributed by atoms with E-state index in [1.54, 1.807) is 11.1 Å². The molecule has 0 amide bonds. The van der Waals surface area contributed by atoms with Crippen LogP contribution in [0.2, 0.25) is 0 Å². The molecular weight excluding hydrogens is 436 g/mol. The van der Waals surface area contributed by atoms with Gasteiger partial charge in [-0.3, -0.25) is 4.57 Å². The van der Waals surface area contributed by atoms with Gasteiger partial charge in [-0.1, -0.05) is 93.1 Å². The predicted molar refractivity (Wildman–Crippen MR) is 151 cm³/mol. The summed E-state index contributed by atoms with van der Waals surface area (Å²) < 4.78 is 2.45. The van der Waals surface area contributed by atoms with Crippen LogP contribution in [0, 0.1) is 6.92 Å². The van der Waals surface area contributed by atoms with Crippen LogP contribution in [-0.2, 0) is 0 Å². The van der Waals surface area contributed by atoms with Gasteiger partial charge in [-0.05, 0) is 84.4 Å². The van der Waals surface area contributed by atoms with Crippen LogP contribution < -0.4 is 0 Å². The van der Waals surface area contributed by atoms with Gasteiger partial charge < -0.3 is 0 Å². The molecule has 2 heteroatoms. The van der Waals surface area contributed by atoms with Gasteiger partial charge in [-0.15, -0.1) is 0 Å². The fourth-order valence-electron chi connectivity index (χ4n) is 6.71. The van der Waals surface area contributed by atoms with Crippen molar-refractivity contribution in [3.05, 3.63) is 95.8 Å². The number of aromatic nitrogens is 2. The fraction of sp³-hybridized carbons (Fsp3) is 0.382. The zero-order chi connectivity index (χ0) is 24.3. The molecule has 2 saturated carbocycles. The van der Waals surface area contributed by atoms with Gasteiger partial charge in [-0.25, -0.2) is 4.98 Å². The largest absolute Gasteiger partial charge is 0.299 e. The maximum absolute atomic E-state index is 4.94. The summed E-state index contributed by atoms with van der Waals surface area (Å²) in [5.41, 5.74) is 9.77. The molecule has 2 fully saturated rings. The highest BCUT2D eigenvalue weighted by molar-refractivity contribution is 5.72. The second-order valence-corrected chi connectivity index (χ2v) is 11.0. The van der Waals surface area contributed by atoms with Crippen molar-refractivity contribution in [2.45, 2.75) is 83.0 Å². The third-order valence-electron chi connectivity index (χ3n) is 8.63. The van der Waals surface area contributed by atoms with Gasteiger partial charge in [0.25, 0.3) is 0 Å². The molecule has 1 aromatic heterocycles. The number of hydrogen-bond acceptors (Lipinski definition) is 1. The van der Waals surface area contributed by atoms with Crippen LogP contribution in [0.1, 0.15) is 92.7 Å². The van der Waals surface area contributed by atoms with E-state index in [4.69, 9.17) is 4.98 Å². The minimum atomic E-state index is 0.617. The lowest BCUT2D eigenvalue weighted by Gasteiger charge is -2.31. The fourth-order valence-corrected chi connectivity index (χ4v) is 6.71. The van der Waals surface area contributed by atoms with Crippen molar-refractivity contribution in [3.8, 4) is 28.2 Å². The third-order valence-corrected chi connectivity index (χ3v) is 8.63. The van der Waals surface area contributed by atoms with Crippen LogP contribution in [0.15, 0.2) is 79.1 Å². The zero-order valence-electron chi connectivity index (χ0n) is 21.6. The molecule has 3 aromatic carbocycles. The highest BCUT2D eigenvalue weighted by Crippen LogP contribution is 2.45. The summed E-state index contributed by atoms with van der Waals surface area (Å²) in [5.74, 6) is 2.31. The van der Waals surface area contributed by atoms with Crippen molar-refractivity contribution >= 4 is 0 Å². The van der Waals surface area contributed by atoms with Crippen LogP contribution in [0.3, 0.4) is 0 Å². The van der Waals surface area contributed by atoms with Crippen molar-refractivity contribution in [2.75, 3.05) is 0 Å². The van der Waals surface area contributed by atoms with E-state index in [-0.39, 0.29) is 0 Å². The predicted octanol–water partition coefficient (Wildman–Crippen LogP) is 9.61. The molecule has 0 bridgehead atoms. The SMILES string of the molecule is Cc1ccccc1-c1nccn1-c1c(C2CCCCC2)cc(-c2ccccc2)cc1C1CCCCC1. The first-order valence-corrected chi connectivity index (χ1v) is 14.1. The topological polar surface area (TPSA) is 17.8 Å². The lowest BCUT2D eigenvalue weighted by Crippen LogP contribution is -2.15. The highest BCUT2D eigenvalue weighted by atomic mass is 15.1. The Morgan fingerprint density at radius 1 is 0.667 bits per heavy atom. The van der Waals surface area contributed by atoms with Gasteiger partial charge in [0.15, 0.2) is 0 Å². The van der Waals surface area contributed by atoms with E-state index in [1.807, 2.05) is 6.20 Å². The lowest BCUT2D eigenvalue weighted by molar-refractivity contribution is 0.434. The number of imidazole rings is 1. The lowest BCUT2D eigenvalue weighted by atomic mass is 9.77. The molecular formula is C34H38N2. The van der Waals surface area contributed by atoms with E-state index in [9.17, 15) is 0 Å². The molecule has 36 heavy (non-hydrogen) atoms. The Morgan fingerprint density at radius 2 is 1.25 bits per heavy atom. The minimum absolute atomic E-state index is 0.617. The first-order chi connectivity index (χ1) is 17.8. The molecule has 0 unspecified atom stereocenters. The van der Waals surface area contributed by atoms with Crippen LogP contribution in [0.4, 0.5) is 0 Å². The Kier molecular flexibility index (Phi) is 6.77. The molecule has 0 spiro atoms. The molecule has 6 rings (SSSR count). The first kappa shape index (κ1) is 23.3. The molecule has 0 radical (unpaired) electrons. The maximum Gasteiger partial charge on any atom is 0.144 e. The van der Waals surface area contributed by atoms with Gasteiger partial charge in [0.2, 0.25) is 0 Å². The third kappa shape index (κ3) is 4.54. The van der Waals surface area contributed by atoms with Gasteiger partial charge in [0.05, 0.1) is 5.69 Å². The number of benzene rings is 3. The minimum Gasteiger partial charge on any atom is -0.299 e. The van der Waals surface area contributed by atoms with E-state index < -0.39 is 0 Å². The molecule has 1 heterocycles. The summed E-state index contributed by atoms with van der Waals surface area (Å²) >= 11 is 0. The van der Waals surface area contributed by atoms with Gasteiger partial charge in [0, 0.05) is 18.0 Å². The van der Waals surface area contributed by atoms with Crippen molar-refractivity contribution in [1.29, 1.82) is 0 Å². The smallest absolute Gasteiger partial charge is 0.144 e. The normalized spacial score (nSPS) is 17.4. The van der Waals surface area contributed by atoms with Crippen molar-refractivity contribution in [1.82, 2.24) is 9.55 Å². The second-order valence-electron chi connectivity index (χ2n) is 11.0. The van der Waals surface area contributed by atoms with Crippen LogP contribution in [0.25, 0.3) is 28.2 Å². The van der Waals surface area contributed by atoms with E-state index in [1.165, 1.54) is 92.1 Å².